The summed E-state index contributed by atoms with van der Waals surface area (Å²) >= 11 is 1.79. The average molecular weight is 324 g/mol. The van der Waals surface area contributed by atoms with Crippen molar-refractivity contribution in [2.45, 2.75) is 64.6 Å². The third-order valence-electron chi connectivity index (χ3n) is 3.90. The van der Waals surface area contributed by atoms with E-state index in [9.17, 15) is 4.79 Å². The number of carbonyl (C=O) groups excluding carboxylic acids is 1. The molecule has 22 heavy (non-hydrogen) atoms. The Balaban J connectivity index is 1.89. The highest BCUT2D eigenvalue weighted by Gasteiger charge is 2.32. The molecule has 0 saturated carbocycles. The van der Waals surface area contributed by atoms with E-state index in [-0.39, 0.29) is 12.1 Å². The molecule has 2 atom stereocenters. The molecule has 1 amide bonds. The number of nitrogens with zero attached hydrogens (tertiary/aromatic N) is 1. The number of amides is 1. The molecule has 2 heterocycles. The van der Waals surface area contributed by atoms with Gasteiger partial charge in [0.25, 0.3) is 0 Å². The van der Waals surface area contributed by atoms with Crippen LogP contribution in [0.5, 0.6) is 0 Å². The Kier molecular flexibility index (Phi) is 5.87. The van der Waals surface area contributed by atoms with Gasteiger partial charge in [0.2, 0.25) is 0 Å². The lowest BCUT2D eigenvalue weighted by Gasteiger charge is -2.29. The third-order valence-corrected chi connectivity index (χ3v) is 4.89. The minimum absolute atomic E-state index is 0.180. The van der Waals surface area contributed by atoms with Gasteiger partial charge in [-0.1, -0.05) is 13.0 Å². The van der Waals surface area contributed by atoms with Crippen LogP contribution in [-0.4, -0.2) is 35.7 Å². The lowest BCUT2D eigenvalue weighted by Crippen LogP contribution is -2.44. The summed E-state index contributed by atoms with van der Waals surface area (Å²) in [7, 11) is 0. The molecule has 2 unspecified atom stereocenters. The summed E-state index contributed by atoms with van der Waals surface area (Å²) in [5, 5.41) is 5.74. The second kappa shape index (κ2) is 7.47. The topological polar surface area (TPSA) is 41.6 Å². The van der Waals surface area contributed by atoms with E-state index in [1.807, 2.05) is 25.7 Å². The fourth-order valence-electron chi connectivity index (χ4n) is 2.82. The second-order valence-electron chi connectivity index (χ2n) is 6.85. The zero-order valence-corrected chi connectivity index (χ0v) is 14.9. The van der Waals surface area contributed by atoms with Gasteiger partial charge in [-0.3, -0.25) is 0 Å². The molecule has 4 nitrogen and oxygen atoms in total. The lowest BCUT2D eigenvalue weighted by atomic mass is 10.1. The van der Waals surface area contributed by atoms with Gasteiger partial charge in [-0.25, -0.2) is 4.79 Å². The largest absolute Gasteiger partial charge is 0.444 e. The monoisotopic (exact) mass is 324 g/mol. The average Bonchev–Trinajstić information content (AvgIpc) is 3.08. The van der Waals surface area contributed by atoms with Gasteiger partial charge in [0.1, 0.15) is 5.60 Å². The van der Waals surface area contributed by atoms with E-state index in [0.29, 0.717) is 6.04 Å². The Bertz CT molecular complexity index is 468. The molecule has 0 spiro atoms. The first-order chi connectivity index (χ1) is 10.4. The molecule has 2 rings (SSSR count). The molecule has 1 aromatic rings. The summed E-state index contributed by atoms with van der Waals surface area (Å²) in [6.45, 7) is 9.57. The Hall–Kier alpha value is -1.07. The van der Waals surface area contributed by atoms with Crippen molar-refractivity contribution in [1.29, 1.82) is 0 Å². The predicted octanol–water partition coefficient (Wildman–Crippen LogP) is 4.19. The van der Waals surface area contributed by atoms with Gasteiger partial charge in [-0.15, -0.1) is 11.3 Å². The van der Waals surface area contributed by atoms with Crippen molar-refractivity contribution in [3.63, 3.8) is 0 Å². The summed E-state index contributed by atoms with van der Waals surface area (Å²) < 4.78 is 5.52. The summed E-state index contributed by atoms with van der Waals surface area (Å²) in [4.78, 5) is 15.5. The maximum atomic E-state index is 12.3. The number of thiophene rings is 1. The van der Waals surface area contributed by atoms with Crippen LogP contribution in [0.3, 0.4) is 0 Å². The number of carbonyl (C=O) groups is 1. The van der Waals surface area contributed by atoms with Gasteiger partial charge < -0.3 is 15.0 Å². The van der Waals surface area contributed by atoms with E-state index in [0.717, 1.165) is 32.4 Å². The Morgan fingerprint density at radius 2 is 2.32 bits per heavy atom. The molecule has 0 aliphatic carbocycles. The first-order valence-electron chi connectivity index (χ1n) is 8.17. The first-order valence-corrected chi connectivity index (χ1v) is 9.05. The molecule has 0 aromatic carbocycles. The summed E-state index contributed by atoms with van der Waals surface area (Å²) in [6, 6.07) is 4.88. The van der Waals surface area contributed by atoms with E-state index < -0.39 is 5.60 Å². The normalized spacial score (nSPS) is 20.2. The maximum Gasteiger partial charge on any atom is 0.410 e. The Labute approximate surface area is 137 Å². The lowest BCUT2D eigenvalue weighted by molar-refractivity contribution is 0.0224. The van der Waals surface area contributed by atoms with Crippen molar-refractivity contribution < 1.29 is 9.53 Å². The highest BCUT2D eigenvalue weighted by atomic mass is 32.1. The predicted molar refractivity (Wildman–Crippen MR) is 91.3 cm³/mol. The van der Waals surface area contributed by atoms with Crippen molar-refractivity contribution >= 4 is 17.4 Å². The van der Waals surface area contributed by atoms with E-state index in [1.165, 1.54) is 4.88 Å². The van der Waals surface area contributed by atoms with Crippen molar-refractivity contribution in [2.24, 2.45) is 0 Å². The molecule has 1 aliphatic heterocycles. The third kappa shape index (κ3) is 4.71. The zero-order chi connectivity index (χ0) is 16.2. The van der Waals surface area contributed by atoms with E-state index in [2.05, 4.69) is 29.8 Å². The van der Waals surface area contributed by atoms with Crippen molar-refractivity contribution in [3.8, 4) is 0 Å². The van der Waals surface area contributed by atoms with Crippen molar-refractivity contribution in [2.75, 3.05) is 13.1 Å². The number of nitrogens with one attached hydrogen (secondary N) is 1. The molecular formula is C17H28N2O2S. The van der Waals surface area contributed by atoms with Crippen molar-refractivity contribution in [3.05, 3.63) is 22.4 Å². The molecule has 124 valence electrons. The van der Waals surface area contributed by atoms with Gasteiger partial charge in [0, 0.05) is 30.1 Å². The molecule has 1 aliphatic rings. The van der Waals surface area contributed by atoms with Gasteiger partial charge in [0.15, 0.2) is 0 Å². The van der Waals surface area contributed by atoms with E-state index in [1.54, 1.807) is 11.3 Å². The number of hydrogen-bond acceptors (Lipinski definition) is 4. The summed E-state index contributed by atoms with van der Waals surface area (Å²) in [6.07, 6.45) is 2.98. The highest BCUT2D eigenvalue weighted by Crippen LogP contribution is 2.24. The molecule has 0 bridgehead atoms. The van der Waals surface area contributed by atoms with Gasteiger partial charge in [0.05, 0.1) is 0 Å². The number of ether oxygens (including phenoxy) is 1. The molecule has 0 radical (unpaired) electrons. The van der Waals surface area contributed by atoms with Crippen molar-refractivity contribution in [1.82, 2.24) is 10.2 Å². The van der Waals surface area contributed by atoms with Crippen LogP contribution in [-0.2, 0) is 4.74 Å². The van der Waals surface area contributed by atoms with E-state index >= 15 is 0 Å². The minimum atomic E-state index is -0.430. The number of rotatable bonds is 5. The summed E-state index contributed by atoms with van der Waals surface area (Å²) in [5.41, 5.74) is -0.430. The molecule has 1 saturated heterocycles. The number of likely N-dealkylation sites (tertiary alicyclic amines) is 1. The van der Waals surface area contributed by atoms with Crippen LogP contribution in [0.4, 0.5) is 4.79 Å². The van der Waals surface area contributed by atoms with E-state index in [4.69, 9.17) is 4.74 Å². The van der Waals surface area contributed by atoms with Crippen LogP contribution in [0.15, 0.2) is 17.5 Å². The molecule has 1 aromatic heterocycles. The van der Waals surface area contributed by atoms with Crippen LogP contribution >= 0.6 is 11.3 Å². The van der Waals surface area contributed by atoms with Gasteiger partial charge in [-0.05, 0) is 51.5 Å². The summed E-state index contributed by atoms with van der Waals surface area (Å²) in [5.74, 6) is 0. The number of hydrogen-bond donors (Lipinski definition) is 1. The van der Waals surface area contributed by atoms with Crippen LogP contribution in [0, 0.1) is 0 Å². The first kappa shape index (κ1) is 17.3. The van der Waals surface area contributed by atoms with Crippen LogP contribution in [0.2, 0.25) is 0 Å². The maximum absolute atomic E-state index is 12.3. The SMILES string of the molecule is CCC(NCC1CCCN1C(=O)OC(C)(C)C)c1cccs1. The van der Waals surface area contributed by atoms with Crippen LogP contribution < -0.4 is 5.32 Å². The zero-order valence-electron chi connectivity index (χ0n) is 14.1. The Morgan fingerprint density at radius 3 is 2.91 bits per heavy atom. The standard InChI is InChI=1S/C17H28N2O2S/c1-5-14(15-9-7-11-22-15)18-12-13-8-6-10-19(13)16(20)21-17(2,3)4/h7,9,11,13-14,18H,5-6,8,10,12H2,1-4H3. The Morgan fingerprint density at radius 1 is 1.55 bits per heavy atom. The smallest absolute Gasteiger partial charge is 0.410 e. The molecule has 1 fully saturated rings. The fraction of sp³-hybridized carbons (Fsp3) is 0.706. The van der Waals surface area contributed by atoms with Gasteiger partial charge in [-0.2, -0.15) is 0 Å². The fourth-order valence-corrected chi connectivity index (χ4v) is 3.71. The van der Waals surface area contributed by atoms with Gasteiger partial charge >= 0.3 is 6.09 Å². The van der Waals surface area contributed by atoms with Crippen LogP contribution in [0.1, 0.15) is 57.9 Å². The quantitative estimate of drug-likeness (QED) is 0.883. The highest BCUT2D eigenvalue weighted by molar-refractivity contribution is 7.10. The molecule has 1 N–H and O–H groups in total. The minimum Gasteiger partial charge on any atom is -0.444 e. The molecule has 5 heteroatoms. The molecular weight excluding hydrogens is 296 g/mol. The second-order valence-corrected chi connectivity index (χ2v) is 7.83. The van der Waals surface area contributed by atoms with Crippen LogP contribution in [0.25, 0.3) is 0 Å².